The Morgan fingerprint density at radius 1 is 1.22 bits per heavy atom. The third-order valence-electron chi connectivity index (χ3n) is 4.03. The van der Waals surface area contributed by atoms with Crippen LogP contribution in [0, 0.1) is 11.8 Å². The van der Waals surface area contributed by atoms with Gasteiger partial charge in [-0.1, -0.05) is 55.7 Å². The van der Waals surface area contributed by atoms with Gasteiger partial charge in [0.1, 0.15) is 0 Å². The molecule has 0 heterocycles. The second-order valence-corrected chi connectivity index (χ2v) is 5.26. The van der Waals surface area contributed by atoms with Crippen LogP contribution >= 0.6 is 0 Å². The van der Waals surface area contributed by atoms with E-state index >= 15 is 0 Å². The van der Waals surface area contributed by atoms with Crippen molar-refractivity contribution >= 4 is 5.78 Å². The smallest absolute Gasteiger partial charge is 0.166 e. The zero-order valence-electron chi connectivity index (χ0n) is 11.0. The van der Waals surface area contributed by atoms with E-state index < -0.39 is 0 Å². The minimum atomic E-state index is 0.144. The van der Waals surface area contributed by atoms with Gasteiger partial charge in [0, 0.05) is 11.5 Å². The van der Waals surface area contributed by atoms with Crippen LogP contribution in [-0.4, -0.2) is 5.78 Å². The predicted molar refractivity (Wildman–Crippen MR) is 75.7 cm³/mol. The topological polar surface area (TPSA) is 17.1 Å². The minimum Gasteiger partial charge on any atom is -0.294 e. The van der Waals surface area contributed by atoms with Crippen molar-refractivity contribution in [2.75, 3.05) is 0 Å². The van der Waals surface area contributed by atoms with Gasteiger partial charge in [0.15, 0.2) is 5.78 Å². The molecule has 1 heteroatoms. The van der Waals surface area contributed by atoms with Gasteiger partial charge < -0.3 is 0 Å². The highest BCUT2D eigenvalue weighted by molar-refractivity contribution is 5.98. The van der Waals surface area contributed by atoms with Crippen LogP contribution in [0.4, 0.5) is 0 Å². The number of carbonyl (C=O) groups excluding carboxylic acids is 1. The Morgan fingerprint density at radius 3 is 2.50 bits per heavy atom. The lowest BCUT2D eigenvalue weighted by Gasteiger charge is -2.28. The highest BCUT2D eigenvalue weighted by Crippen LogP contribution is 2.33. The van der Waals surface area contributed by atoms with Crippen molar-refractivity contribution in [3.63, 3.8) is 0 Å². The molecule has 0 bridgehead atoms. The molecule has 0 amide bonds. The van der Waals surface area contributed by atoms with Crippen LogP contribution in [0.1, 0.15) is 48.9 Å². The second-order valence-electron chi connectivity index (χ2n) is 5.26. The fourth-order valence-electron chi connectivity index (χ4n) is 3.05. The molecule has 1 nitrogen and oxygen atoms in total. The van der Waals surface area contributed by atoms with Gasteiger partial charge in [-0.3, -0.25) is 4.79 Å². The number of hydrogen-bond donors (Lipinski definition) is 0. The summed E-state index contributed by atoms with van der Waals surface area (Å²) in [5.41, 5.74) is 0.856. The average molecular weight is 242 g/mol. The second kappa shape index (κ2) is 6.53. The number of hydrogen-bond acceptors (Lipinski definition) is 1. The first kappa shape index (κ1) is 13.1. The summed E-state index contributed by atoms with van der Waals surface area (Å²) >= 11 is 0. The number of rotatable bonds is 5. The van der Waals surface area contributed by atoms with Crippen LogP contribution in [0.5, 0.6) is 0 Å². The molecule has 96 valence electrons. The Balaban J connectivity index is 2.13. The van der Waals surface area contributed by atoms with E-state index in [4.69, 9.17) is 0 Å². The molecule has 0 aromatic heterocycles. The Bertz CT molecular complexity index is 387. The van der Waals surface area contributed by atoms with Gasteiger partial charge in [-0.2, -0.15) is 0 Å². The molecule has 2 rings (SSSR count). The highest BCUT2D eigenvalue weighted by atomic mass is 16.1. The van der Waals surface area contributed by atoms with Crippen LogP contribution < -0.4 is 0 Å². The van der Waals surface area contributed by atoms with E-state index in [0.717, 1.165) is 12.0 Å². The molecule has 1 atom stereocenters. The summed E-state index contributed by atoms with van der Waals surface area (Å²) < 4.78 is 0. The van der Waals surface area contributed by atoms with E-state index in [1.165, 1.54) is 32.1 Å². The lowest BCUT2D eigenvalue weighted by Crippen LogP contribution is -2.25. The summed E-state index contributed by atoms with van der Waals surface area (Å²) in [6.07, 6.45) is 9.02. The van der Waals surface area contributed by atoms with Gasteiger partial charge in [-0.05, 0) is 25.2 Å². The molecule has 18 heavy (non-hydrogen) atoms. The van der Waals surface area contributed by atoms with Crippen molar-refractivity contribution in [1.82, 2.24) is 0 Å². The molecule has 0 radical (unpaired) electrons. The molecule has 1 aliphatic carbocycles. The number of Topliss-reactive ketones (excluding diaryl/α,β-unsaturated/α-hetero) is 1. The molecule has 0 spiro atoms. The number of allylic oxidation sites excluding steroid dienone is 1. The molecular formula is C17H22O. The maximum atomic E-state index is 12.6. The summed E-state index contributed by atoms with van der Waals surface area (Å²) in [5, 5.41) is 0. The molecule has 0 saturated heterocycles. The zero-order valence-corrected chi connectivity index (χ0v) is 11.0. The van der Waals surface area contributed by atoms with Gasteiger partial charge in [-0.25, -0.2) is 0 Å². The summed E-state index contributed by atoms with van der Waals surface area (Å²) in [4.78, 5) is 12.6. The number of ketones is 1. The molecular weight excluding hydrogens is 220 g/mol. The molecule has 1 aliphatic rings. The lowest BCUT2D eigenvalue weighted by molar-refractivity contribution is 0.0847. The SMILES string of the molecule is C=CCC(C(=O)c1ccccc1)C1CCCCC1. The third-order valence-corrected chi connectivity index (χ3v) is 4.03. The van der Waals surface area contributed by atoms with Gasteiger partial charge >= 0.3 is 0 Å². The Labute approximate surface area is 110 Å². The number of benzene rings is 1. The molecule has 0 N–H and O–H groups in total. The standard InChI is InChI=1S/C17H22O/c1-2-9-16(14-10-5-3-6-11-14)17(18)15-12-7-4-8-13-15/h2,4,7-8,12-14,16H,1,3,5-6,9-11H2. The molecule has 0 aliphatic heterocycles. The van der Waals surface area contributed by atoms with Gasteiger partial charge in [-0.15, -0.1) is 6.58 Å². The van der Waals surface area contributed by atoms with Crippen molar-refractivity contribution in [2.45, 2.75) is 38.5 Å². The van der Waals surface area contributed by atoms with E-state index in [2.05, 4.69) is 6.58 Å². The third kappa shape index (κ3) is 3.10. The molecule has 1 fully saturated rings. The van der Waals surface area contributed by atoms with Gasteiger partial charge in [0.25, 0.3) is 0 Å². The Kier molecular flexibility index (Phi) is 4.74. The Morgan fingerprint density at radius 2 is 1.89 bits per heavy atom. The van der Waals surface area contributed by atoms with E-state index in [1.807, 2.05) is 36.4 Å². The summed E-state index contributed by atoms with van der Waals surface area (Å²) in [5.74, 6) is 1.01. The van der Waals surface area contributed by atoms with Crippen LogP contribution in [0.2, 0.25) is 0 Å². The Hall–Kier alpha value is -1.37. The summed E-state index contributed by atoms with van der Waals surface area (Å²) in [6, 6.07) is 9.71. The number of carbonyl (C=O) groups is 1. The van der Waals surface area contributed by atoms with E-state index in [9.17, 15) is 4.79 Å². The zero-order chi connectivity index (χ0) is 12.8. The first-order valence-electron chi connectivity index (χ1n) is 7.03. The highest BCUT2D eigenvalue weighted by Gasteiger charge is 2.28. The average Bonchev–Trinajstić information content (AvgIpc) is 2.46. The van der Waals surface area contributed by atoms with E-state index in [1.54, 1.807) is 0 Å². The first-order valence-corrected chi connectivity index (χ1v) is 7.03. The monoisotopic (exact) mass is 242 g/mol. The van der Waals surface area contributed by atoms with Crippen LogP contribution in [0.3, 0.4) is 0 Å². The van der Waals surface area contributed by atoms with Crippen molar-refractivity contribution in [1.29, 1.82) is 0 Å². The van der Waals surface area contributed by atoms with Crippen molar-refractivity contribution in [3.8, 4) is 0 Å². The predicted octanol–water partition coefficient (Wildman–Crippen LogP) is 4.64. The van der Waals surface area contributed by atoms with Crippen LogP contribution in [-0.2, 0) is 0 Å². The quantitative estimate of drug-likeness (QED) is 0.543. The van der Waals surface area contributed by atoms with Crippen molar-refractivity contribution in [2.24, 2.45) is 11.8 Å². The van der Waals surface area contributed by atoms with Crippen molar-refractivity contribution in [3.05, 3.63) is 48.6 Å². The van der Waals surface area contributed by atoms with Gasteiger partial charge in [0.05, 0.1) is 0 Å². The first-order chi connectivity index (χ1) is 8.83. The normalized spacial score (nSPS) is 18.2. The maximum Gasteiger partial charge on any atom is 0.166 e. The minimum absolute atomic E-state index is 0.144. The van der Waals surface area contributed by atoms with E-state index in [-0.39, 0.29) is 5.92 Å². The fourth-order valence-corrected chi connectivity index (χ4v) is 3.05. The maximum absolute atomic E-state index is 12.6. The molecule has 1 saturated carbocycles. The van der Waals surface area contributed by atoms with Gasteiger partial charge in [0.2, 0.25) is 0 Å². The van der Waals surface area contributed by atoms with E-state index in [0.29, 0.717) is 11.7 Å². The lowest BCUT2D eigenvalue weighted by atomic mass is 9.75. The van der Waals surface area contributed by atoms with Crippen LogP contribution in [0.15, 0.2) is 43.0 Å². The molecule has 1 aromatic carbocycles. The molecule has 1 aromatic rings. The largest absolute Gasteiger partial charge is 0.294 e. The molecule has 1 unspecified atom stereocenters. The van der Waals surface area contributed by atoms with Crippen LogP contribution in [0.25, 0.3) is 0 Å². The summed E-state index contributed by atoms with van der Waals surface area (Å²) in [6.45, 7) is 3.82. The summed E-state index contributed by atoms with van der Waals surface area (Å²) in [7, 11) is 0. The fraction of sp³-hybridized carbons (Fsp3) is 0.471. The van der Waals surface area contributed by atoms with Crippen molar-refractivity contribution < 1.29 is 4.79 Å².